The summed E-state index contributed by atoms with van der Waals surface area (Å²) in [6, 6.07) is 6.31. The van der Waals surface area contributed by atoms with Gasteiger partial charge in [-0.1, -0.05) is 23.9 Å². The van der Waals surface area contributed by atoms with Gasteiger partial charge in [0, 0.05) is 12.6 Å². The second-order valence-electron chi connectivity index (χ2n) is 2.18. The van der Waals surface area contributed by atoms with Crippen LogP contribution in [0.25, 0.3) is 0 Å². The zero-order chi connectivity index (χ0) is 8.27. The fourth-order valence-electron chi connectivity index (χ4n) is 0.760. The molecule has 0 heterocycles. The average molecular weight is 173 g/mol. The Morgan fingerprint density at radius 2 is 2.00 bits per heavy atom. The molecule has 0 atom stereocenters. The summed E-state index contributed by atoms with van der Waals surface area (Å²) in [5.41, 5.74) is 0.333. The zero-order valence-corrected chi connectivity index (χ0v) is 9.13. The minimum absolute atomic E-state index is 0. The van der Waals surface area contributed by atoms with Crippen molar-refractivity contribution in [2.24, 2.45) is 0 Å². The number of rotatable bonds is 1. The Bertz CT molecular complexity index is 276. The number of carbonyl (C=O) groups excluding carboxylic acids is 1. The van der Waals surface area contributed by atoms with Gasteiger partial charge in [0.2, 0.25) is 5.91 Å². The molecule has 0 bridgehead atoms. The largest absolute Gasteiger partial charge is 1.00 e. The van der Waals surface area contributed by atoms with Gasteiger partial charge in [0.15, 0.2) is 0 Å². The van der Waals surface area contributed by atoms with Gasteiger partial charge in [-0.05, 0) is 6.07 Å². The Kier molecular flexibility index (Phi) is 4.97. The molecule has 0 aliphatic carbocycles. The minimum Gasteiger partial charge on any atom is -0.871 e. The Labute approximate surface area is 93.1 Å². The van der Waals surface area contributed by atoms with Crippen molar-refractivity contribution in [1.29, 1.82) is 0 Å². The van der Waals surface area contributed by atoms with Crippen LogP contribution >= 0.6 is 0 Å². The summed E-state index contributed by atoms with van der Waals surface area (Å²) in [6.45, 7) is 1.37. The summed E-state index contributed by atoms with van der Waals surface area (Å²) in [4.78, 5) is 10.5. The summed E-state index contributed by atoms with van der Waals surface area (Å²) in [5, 5.41) is 13.4. The first-order chi connectivity index (χ1) is 5.20. The van der Waals surface area contributed by atoms with Gasteiger partial charge in [0.25, 0.3) is 0 Å². The molecule has 0 saturated carbocycles. The van der Waals surface area contributed by atoms with Gasteiger partial charge in [0.05, 0.1) is 0 Å². The third-order valence-corrected chi connectivity index (χ3v) is 1.20. The van der Waals surface area contributed by atoms with Gasteiger partial charge < -0.3 is 10.4 Å². The molecular formula is C8H8NNaO2. The Balaban J connectivity index is 0.00000121. The van der Waals surface area contributed by atoms with Gasteiger partial charge in [-0.2, -0.15) is 0 Å². The first-order valence-electron chi connectivity index (χ1n) is 3.24. The van der Waals surface area contributed by atoms with Gasteiger partial charge in [-0.3, -0.25) is 4.79 Å². The molecular weight excluding hydrogens is 165 g/mol. The van der Waals surface area contributed by atoms with E-state index in [2.05, 4.69) is 5.32 Å². The number of amides is 1. The van der Waals surface area contributed by atoms with E-state index in [9.17, 15) is 9.90 Å². The van der Waals surface area contributed by atoms with Crippen molar-refractivity contribution in [3.8, 4) is 5.75 Å². The summed E-state index contributed by atoms with van der Waals surface area (Å²) in [5.74, 6) is -0.393. The molecule has 0 aliphatic rings. The zero-order valence-electron chi connectivity index (χ0n) is 7.13. The van der Waals surface area contributed by atoms with Crippen molar-refractivity contribution in [2.45, 2.75) is 6.92 Å². The molecule has 0 aromatic heterocycles. The van der Waals surface area contributed by atoms with Crippen LogP contribution in [0.5, 0.6) is 5.75 Å². The molecule has 1 aromatic rings. The second-order valence-corrected chi connectivity index (χ2v) is 2.18. The van der Waals surface area contributed by atoms with E-state index in [1.165, 1.54) is 13.0 Å². The van der Waals surface area contributed by atoms with E-state index in [0.29, 0.717) is 5.69 Å². The molecule has 0 unspecified atom stereocenters. The summed E-state index contributed by atoms with van der Waals surface area (Å²) in [7, 11) is 0. The molecule has 4 heteroatoms. The normalized spacial score (nSPS) is 8.42. The summed E-state index contributed by atoms with van der Waals surface area (Å²) in [6.07, 6.45) is 0. The maximum Gasteiger partial charge on any atom is 1.00 e. The Morgan fingerprint density at radius 3 is 2.50 bits per heavy atom. The van der Waals surface area contributed by atoms with Crippen molar-refractivity contribution < 1.29 is 39.5 Å². The van der Waals surface area contributed by atoms with Crippen LogP contribution in [0.1, 0.15) is 6.92 Å². The molecule has 0 saturated heterocycles. The van der Waals surface area contributed by atoms with E-state index in [0.717, 1.165) is 0 Å². The van der Waals surface area contributed by atoms with E-state index in [4.69, 9.17) is 0 Å². The fourth-order valence-corrected chi connectivity index (χ4v) is 0.760. The number of hydrogen-bond donors (Lipinski definition) is 1. The molecule has 12 heavy (non-hydrogen) atoms. The second kappa shape index (κ2) is 5.19. The van der Waals surface area contributed by atoms with Gasteiger partial charge in [-0.15, -0.1) is 0 Å². The number of hydrogen-bond acceptors (Lipinski definition) is 2. The summed E-state index contributed by atoms with van der Waals surface area (Å²) < 4.78 is 0. The first-order valence-corrected chi connectivity index (χ1v) is 3.24. The molecule has 0 fully saturated rings. The van der Waals surface area contributed by atoms with E-state index in [1.807, 2.05) is 0 Å². The molecule has 1 rings (SSSR count). The van der Waals surface area contributed by atoms with Crippen LogP contribution in [-0.4, -0.2) is 5.91 Å². The molecule has 1 aromatic carbocycles. The predicted octanol–water partition coefficient (Wildman–Crippen LogP) is -2.28. The smallest absolute Gasteiger partial charge is 0.871 e. The molecule has 0 aliphatic heterocycles. The van der Waals surface area contributed by atoms with Gasteiger partial charge in [-0.25, -0.2) is 0 Å². The number of anilines is 1. The standard InChI is InChI=1S/C8H9NO2.Na/c1-6(10)9-7-4-2-3-5-8(7)11;/h2-5,11H,1H3,(H,9,10);/q;+1/p-1. The SMILES string of the molecule is CC(=O)Nc1ccccc1[O-].[Na+]. The topological polar surface area (TPSA) is 52.2 Å². The summed E-state index contributed by atoms with van der Waals surface area (Å²) >= 11 is 0. The molecule has 58 valence electrons. The maximum atomic E-state index is 10.9. The number of carbonyl (C=O) groups is 1. The first kappa shape index (κ1) is 11.5. The molecule has 0 spiro atoms. The third-order valence-electron chi connectivity index (χ3n) is 1.20. The van der Waals surface area contributed by atoms with Crippen LogP contribution in [0.3, 0.4) is 0 Å². The fraction of sp³-hybridized carbons (Fsp3) is 0.125. The quantitative estimate of drug-likeness (QED) is 0.486. The van der Waals surface area contributed by atoms with Crippen molar-refractivity contribution in [1.82, 2.24) is 0 Å². The van der Waals surface area contributed by atoms with E-state index in [-0.39, 0.29) is 41.2 Å². The molecule has 1 amide bonds. The Morgan fingerprint density at radius 1 is 1.42 bits per heavy atom. The van der Waals surface area contributed by atoms with E-state index < -0.39 is 0 Å². The minimum atomic E-state index is -0.228. The molecule has 1 N–H and O–H groups in total. The molecule has 3 nitrogen and oxygen atoms in total. The van der Waals surface area contributed by atoms with Crippen LogP contribution < -0.4 is 40.0 Å². The van der Waals surface area contributed by atoms with Crippen molar-refractivity contribution >= 4 is 11.6 Å². The van der Waals surface area contributed by atoms with Crippen molar-refractivity contribution in [3.63, 3.8) is 0 Å². The molecule has 0 radical (unpaired) electrons. The predicted molar refractivity (Wildman–Crippen MR) is 40.2 cm³/mol. The number of para-hydroxylation sites is 2. The maximum absolute atomic E-state index is 10.9. The van der Waals surface area contributed by atoms with Crippen LogP contribution in [0.4, 0.5) is 5.69 Å². The van der Waals surface area contributed by atoms with Gasteiger partial charge in [0.1, 0.15) is 0 Å². The monoisotopic (exact) mass is 173 g/mol. The van der Waals surface area contributed by atoms with Crippen LogP contribution in [0.2, 0.25) is 0 Å². The van der Waals surface area contributed by atoms with Crippen LogP contribution in [-0.2, 0) is 4.79 Å². The van der Waals surface area contributed by atoms with Crippen LogP contribution in [0, 0.1) is 0 Å². The number of benzene rings is 1. The van der Waals surface area contributed by atoms with Crippen molar-refractivity contribution in [3.05, 3.63) is 24.3 Å². The number of nitrogens with one attached hydrogen (secondary N) is 1. The average Bonchev–Trinajstić information content (AvgIpc) is 1.93. The van der Waals surface area contributed by atoms with Gasteiger partial charge >= 0.3 is 29.6 Å². The Hall–Kier alpha value is -0.510. The van der Waals surface area contributed by atoms with E-state index >= 15 is 0 Å². The third kappa shape index (κ3) is 3.26. The van der Waals surface area contributed by atoms with Crippen molar-refractivity contribution in [2.75, 3.05) is 5.32 Å². The van der Waals surface area contributed by atoms with Crippen LogP contribution in [0.15, 0.2) is 24.3 Å². The van der Waals surface area contributed by atoms with E-state index in [1.54, 1.807) is 18.2 Å².